The molecular weight excluding hydrogens is 595 g/mol. The minimum atomic E-state index is -5.04. The molecule has 1 unspecified atom stereocenters. The van der Waals surface area contributed by atoms with Crippen LogP contribution in [0.3, 0.4) is 0 Å². The molecule has 0 aliphatic heterocycles. The highest BCUT2D eigenvalue weighted by Crippen LogP contribution is 2.41. The fourth-order valence-corrected chi connectivity index (χ4v) is 7.54. The number of halogens is 4. The molecule has 14 heteroatoms. The van der Waals surface area contributed by atoms with Crippen LogP contribution in [0, 0.1) is 0 Å². The lowest BCUT2D eigenvalue weighted by molar-refractivity contribution is -0.139. The molecule has 3 aromatic rings. The van der Waals surface area contributed by atoms with Crippen molar-refractivity contribution in [3.8, 4) is 5.75 Å². The summed E-state index contributed by atoms with van der Waals surface area (Å²) in [5, 5.41) is 9.16. The Kier molecular flexibility index (Phi) is 8.23. The Morgan fingerprint density at radius 2 is 1.68 bits per heavy atom. The van der Waals surface area contributed by atoms with Gasteiger partial charge in [-0.25, -0.2) is 21.6 Å². The topological polar surface area (TPSA) is 118 Å². The second-order valence-corrected chi connectivity index (χ2v) is 13.5. The van der Waals surface area contributed by atoms with Crippen molar-refractivity contribution >= 4 is 37.4 Å². The second kappa shape index (κ2) is 11.0. The number of fused-ring (bicyclic) bond motifs is 1. The van der Waals surface area contributed by atoms with Crippen molar-refractivity contribution in [3.63, 3.8) is 0 Å². The molecule has 0 saturated carbocycles. The number of hydrogen-bond donors (Lipinski definition) is 1. The smallest absolute Gasteiger partial charge is 0.416 e. The summed E-state index contributed by atoms with van der Waals surface area (Å²) in [7, 11) is -8.01. The summed E-state index contributed by atoms with van der Waals surface area (Å²) in [6.07, 6.45) is -3.76. The van der Waals surface area contributed by atoms with E-state index in [0.29, 0.717) is 48.6 Å². The monoisotopic (exact) mass is 617 g/mol. The molecule has 0 aromatic heterocycles. The van der Waals surface area contributed by atoms with E-state index in [4.69, 9.17) is 21.4 Å². The third kappa shape index (κ3) is 5.97. The molecule has 1 aliphatic rings. The van der Waals surface area contributed by atoms with Gasteiger partial charge in [0.05, 0.1) is 26.3 Å². The fourth-order valence-electron chi connectivity index (χ4n) is 4.57. The number of sulfonamides is 1. The standard InChI is InChI=1S/C26H23ClF3NO7S2/c1-31(23-6-2-5-22-21(23)4-3-7-24(22)38-15-25(32)33)40(36,37)20-13-16(26(28,29)30)12-19(14-20)39(34,35)18-10-8-17(27)9-11-18/h3-4,7-14,23H,2,5-6,15H2,1H3,(H,32,33). The highest BCUT2D eigenvalue weighted by molar-refractivity contribution is 7.91. The van der Waals surface area contributed by atoms with Crippen LogP contribution in [-0.2, 0) is 37.3 Å². The molecule has 1 aliphatic carbocycles. The summed E-state index contributed by atoms with van der Waals surface area (Å²) < 4.78 is 102. The number of nitrogens with zero attached hydrogens (tertiary/aromatic N) is 1. The number of ether oxygens (including phenoxy) is 1. The molecule has 1 N–H and O–H groups in total. The lowest BCUT2D eigenvalue weighted by atomic mass is 9.87. The maximum absolute atomic E-state index is 13.8. The predicted octanol–water partition coefficient (Wildman–Crippen LogP) is 5.35. The number of carbonyl (C=O) groups is 1. The van der Waals surface area contributed by atoms with E-state index in [9.17, 15) is 34.8 Å². The first-order valence-electron chi connectivity index (χ1n) is 11.8. The predicted molar refractivity (Wildman–Crippen MR) is 139 cm³/mol. The Morgan fingerprint density at radius 1 is 1.02 bits per heavy atom. The van der Waals surface area contributed by atoms with Gasteiger partial charge in [0.25, 0.3) is 0 Å². The Labute approximate surface area is 233 Å². The van der Waals surface area contributed by atoms with Gasteiger partial charge in [0.15, 0.2) is 6.61 Å². The lowest BCUT2D eigenvalue weighted by Crippen LogP contribution is -2.34. The molecule has 0 fully saturated rings. The molecule has 0 spiro atoms. The largest absolute Gasteiger partial charge is 0.482 e. The van der Waals surface area contributed by atoms with E-state index in [1.54, 1.807) is 18.2 Å². The van der Waals surface area contributed by atoms with Crippen molar-refractivity contribution in [2.75, 3.05) is 13.7 Å². The van der Waals surface area contributed by atoms with Crippen LogP contribution in [0.15, 0.2) is 75.4 Å². The van der Waals surface area contributed by atoms with Crippen LogP contribution >= 0.6 is 11.6 Å². The summed E-state index contributed by atoms with van der Waals surface area (Å²) >= 11 is 5.80. The van der Waals surface area contributed by atoms with E-state index in [2.05, 4.69) is 0 Å². The van der Waals surface area contributed by atoms with Gasteiger partial charge in [0.2, 0.25) is 19.9 Å². The van der Waals surface area contributed by atoms with E-state index in [1.807, 2.05) is 0 Å². The van der Waals surface area contributed by atoms with Crippen LogP contribution in [0.25, 0.3) is 0 Å². The van der Waals surface area contributed by atoms with E-state index in [0.717, 1.165) is 16.4 Å². The number of rotatable bonds is 8. The summed E-state index contributed by atoms with van der Waals surface area (Å²) in [6, 6.07) is 10.2. The van der Waals surface area contributed by atoms with Gasteiger partial charge in [-0.3, -0.25) is 0 Å². The number of aliphatic carboxylic acids is 1. The van der Waals surface area contributed by atoms with Gasteiger partial charge in [-0.15, -0.1) is 0 Å². The summed E-state index contributed by atoms with van der Waals surface area (Å²) in [5.41, 5.74) is -0.332. The molecule has 8 nitrogen and oxygen atoms in total. The third-order valence-corrected chi connectivity index (χ3v) is 10.4. The number of benzene rings is 3. The maximum Gasteiger partial charge on any atom is 0.416 e. The zero-order valence-electron chi connectivity index (χ0n) is 20.9. The molecule has 214 valence electrons. The minimum absolute atomic E-state index is 0.206. The van der Waals surface area contributed by atoms with Gasteiger partial charge in [-0.2, -0.15) is 17.5 Å². The van der Waals surface area contributed by atoms with Crippen molar-refractivity contribution < 1.29 is 44.6 Å². The molecule has 0 amide bonds. The molecule has 1 atom stereocenters. The Balaban J connectivity index is 1.80. The van der Waals surface area contributed by atoms with Gasteiger partial charge in [0, 0.05) is 12.1 Å². The summed E-state index contributed by atoms with van der Waals surface area (Å²) in [4.78, 5) is 8.92. The number of sulfone groups is 1. The van der Waals surface area contributed by atoms with Gasteiger partial charge in [0.1, 0.15) is 5.75 Å². The van der Waals surface area contributed by atoms with Gasteiger partial charge in [-0.1, -0.05) is 23.7 Å². The van der Waals surface area contributed by atoms with E-state index in [-0.39, 0.29) is 15.7 Å². The first-order chi connectivity index (χ1) is 18.6. The molecule has 3 aromatic carbocycles. The van der Waals surface area contributed by atoms with Crippen LogP contribution in [0.2, 0.25) is 5.02 Å². The van der Waals surface area contributed by atoms with Crippen molar-refractivity contribution in [1.82, 2.24) is 4.31 Å². The molecule has 0 radical (unpaired) electrons. The molecule has 40 heavy (non-hydrogen) atoms. The summed E-state index contributed by atoms with van der Waals surface area (Å²) in [6.45, 7) is -0.607. The van der Waals surface area contributed by atoms with Crippen LogP contribution in [0.1, 0.15) is 35.6 Å². The third-order valence-electron chi connectivity index (χ3n) is 6.54. The maximum atomic E-state index is 13.8. The SMILES string of the molecule is CN(C1CCCc2c(OCC(=O)O)cccc21)S(=O)(=O)c1cc(C(F)(F)F)cc(S(=O)(=O)c2ccc(Cl)cc2)c1. The van der Waals surface area contributed by atoms with E-state index >= 15 is 0 Å². The second-order valence-electron chi connectivity index (χ2n) is 9.08. The van der Waals surface area contributed by atoms with E-state index < -0.39 is 60.0 Å². The van der Waals surface area contributed by atoms with E-state index in [1.165, 1.54) is 19.2 Å². The number of alkyl halides is 3. The van der Waals surface area contributed by atoms with Crippen LogP contribution in [-0.4, -0.2) is 45.9 Å². The average Bonchev–Trinajstić information content (AvgIpc) is 2.90. The van der Waals surface area contributed by atoms with Crippen molar-refractivity contribution in [1.29, 1.82) is 0 Å². The minimum Gasteiger partial charge on any atom is -0.482 e. The normalized spacial score (nSPS) is 16.0. The zero-order chi connectivity index (χ0) is 29.5. The Bertz CT molecular complexity index is 1660. The van der Waals surface area contributed by atoms with Crippen LogP contribution in [0.4, 0.5) is 13.2 Å². The highest BCUT2D eigenvalue weighted by atomic mass is 35.5. The molecule has 4 rings (SSSR count). The molecule has 0 saturated heterocycles. The average molecular weight is 618 g/mol. The van der Waals surface area contributed by atoms with Gasteiger partial charge in [-0.05, 0) is 78.9 Å². The molecular formula is C26H23ClF3NO7S2. The number of carboxylic acids is 1. The van der Waals surface area contributed by atoms with Crippen LogP contribution < -0.4 is 4.74 Å². The van der Waals surface area contributed by atoms with Crippen molar-refractivity contribution in [3.05, 3.63) is 82.4 Å². The summed E-state index contributed by atoms with van der Waals surface area (Å²) in [5.74, 6) is -0.927. The quantitative estimate of drug-likeness (QED) is 0.362. The zero-order valence-corrected chi connectivity index (χ0v) is 23.2. The fraction of sp³-hybridized carbons (Fsp3) is 0.269. The molecule has 0 heterocycles. The number of hydrogen-bond acceptors (Lipinski definition) is 6. The highest BCUT2D eigenvalue weighted by Gasteiger charge is 2.38. The van der Waals surface area contributed by atoms with Gasteiger partial charge >= 0.3 is 12.1 Å². The lowest BCUT2D eigenvalue weighted by Gasteiger charge is -2.33. The number of carboxylic acid groups (broad SMARTS) is 1. The van der Waals surface area contributed by atoms with Crippen molar-refractivity contribution in [2.45, 2.75) is 46.2 Å². The molecule has 0 bridgehead atoms. The first kappa shape index (κ1) is 29.8. The Morgan fingerprint density at radius 3 is 2.30 bits per heavy atom. The van der Waals surface area contributed by atoms with Gasteiger partial charge < -0.3 is 9.84 Å². The van der Waals surface area contributed by atoms with Crippen LogP contribution in [0.5, 0.6) is 5.75 Å². The van der Waals surface area contributed by atoms with Crippen molar-refractivity contribution in [2.24, 2.45) is 0 Å². The Hall–Kier alpha value is -3.13. The first-order valence-corrected chi connectivity index (χ1v) is 15.1.